The summed E-state index contributed by atoms with van der Waals surface area (Å²) in [6.07, 6.45) is 3.50. The van der Waals surface area contributed by atoms with Crippen molar-refractivity contribution >= 4 is 22.6 Å². The lowest BCUT2D eigenvalue weighted by atomic mass is 10.0. The molecule has 0 aliphatic heterocycles. The van der Waals surface area contributed by atoms with E-state index in [1.165, 1.54) is 12.8 Å². The molecular formula is C21H26N4O. The van der Waals surface area contributed by atoms with Crippen LogP contribution in [0.15, 0.2) is 42.5 Å². The molecule has 1 heterocycles. The number of amides is 1. The number of rotatable bonds is 7. The fraction of sp³-hybridized carbons (Fsp3) is 0.333. The third kappa shape index (κ3) is 4.23. The number of nitrogens with two attached hydrogens (primary N) is 1. The summed E-state index contributed by atoms with van der Waals surface area (Å²) in [6, 6.07) is 13.7. The van der Waals surface area contributed by atoms with Crippen molar-refractivity contribution < 1.29 is 4.79 Å². The van der Waals surface area contributed by atoms with Gasteiger partial charge >= 0.3 is 0 Å². The molecule has 0 saturated heterocycles. The van der Waals surface area contributed by atoms with Crippen molar-refractivity contribution in [1.29, 1.82) is 0 Å². The number of nitrogen functional groups attached to an aromatic ring is 1. The van der Waals surface area contributed by atoms with Gasteiger partial charge in [-0.2, -0.15) is 0 Å². The number of nitrogens with one attached hydrogen (secondary N) is 2. The van der Waals surface area contributed by atoms with Crippen LogP contribution in [0.5, 0.6) is 0 Å². The first-order valence-corrected chi connectivity index (χ1v) is 9.20. The first-order valence-electron chi connectivity index (χ1n) is 9.20. The highest BCUT2D eigenvalue weighted by molar-refractivity contribution is 5.94. The number of carbonyl (C=O) groups excluding carboxylic acids is 1. The molecular weight excluding hydrogens is 324 g/mol. The summed E-state index contributed by atoms with van der Waals surface area (Å²) in [7, 11) is 0. The molecule has 0 fully saturated rings. The molecule has 0 unspecified atom stereocenters. The molecule has 136 valence electrons. The third-order valence-electron chi connectivity index (χ3n) is 4.60. The van der Waals surface area contributed by atoms with Crippen LogP contribution in [0, 0.1) is 5.92 Å². The van der Waals surface area contributed by atoms with Gasteiger partial charge in [0.15, 0.2) is 5.82 Å². The zero-order chi connectivity index (χ0) is 18.5. The normalized spacial score (nSPS) is 12.2. The van der Waals surface area contributed by atoms with Crippen LogP contribution in [0.2, 0.25) is 0 Å². The molecule has 0 saturated carbocycles. The summed E-state index contributed by atoms with van der Waals surface area (Å²) in [4.78, 5) is 19.9. The van der Waals surface area contributed by atoms with E-state index in [1.54, 1.807) is 0 Å². The van der Waals surface area contributed by atoms with E-state index in [2.05, 4.69) is 29.1 Å². The second-order valence-electron chi connectivity index (χ2n) is 6.90. The van der Waals surface area contributed by atoms with Gasteiger partial charge in [0, 0.05) is 12.2 Å². The van der Waals surface area contributed by atoms with E-state index >= 15 is 0 Å². The lowest BCUT2D eigenvalue weighted by Gasteiger charge is -2.10. The number of anilines is 1. The highest BCUT2D eigenvalue weighted by atomic mass is 16.2. The minimum absolute atomic E-state index is 0.154. The topological polar surface area (TPSA) is 83.8 Å². The molecule has 5 nitrogen and oxygen atoms in total. The van der Waals surface area contributed by atoms with Crippen LogP contribution >= 0.6 is 0 Å². The van der Waals surface area contributed by atoms with Crippen molar-refractivity contribution in [2.24, 2.45) is 5.92 Å². The number of nitrogens with zero attached hydrogens (tertiary/aromatic N) is 1. The number of imidazole rings is 1. The Bertz CT molecular complexity index is 883. The standard InChI is InChI=1S/C21H26N4O/c1-3-4-5-14(2)13-23-21(26)20-24-18-11-8-16(12-19(18)25-20)15-6-9-17(22)10-7-15/h6-12,14H,3-5,13,22H2,1-2H3,(H,23,26)(H,24,25)/t14-/m0/s1. The van der Waals surface area contributed by atoms with Crippen LogP contribution in [-0.2, 0) is 0 Å². The molecule has 1 amide bonds. The molecule has 3 rings (SSSR count). The van der Waals surface area contributed by atoms with Crippen LogP contribution in [0.1, 0.15) is 43.7 Å². The van der Waals surface area contributed by atoms with Gasteiger partial charge in [0.1, 0.15) is 0 Å². The number of hydrogen-bond acceptors (Lipinski definition) is 3. The fourth-order valence-corrected chi connectivity index (χ4v) is 2.98. The lowest BCUT2D eigenvalue weighted by Crippen LogP contribution is -2.29. The third-order valence-corrected chi connectivity index (χ3v) is 4.60. The lowest BCUT2D eigenvalue weighted by molar-refractivity contribution is 0.0938. The summed E-state index contributed by atoms with van der Waals surface area (Å²) in [5, 5.41) is 2.97. The molecule has 0 aliphatic rings. The van der Waals surface area contributed by atoms with Crippen LogP contribution in [0.25, 0.3) is 22.2 Å². The van der Waals surface area contributed by atoms with Crippen molar-refractivity contribution in [2.45, 2.75) is 33.1 Å². The second-order valence-corrected chi connectivity index (χ2v) is 6.90. The molecule has 1 aromatic heterocycles. The number of benzene rings is 2. The van der Waals surface area contributed by atoms with Gasteiger partial charge in [-0.1, -0.05) is 44.9 Å². The molecule has 0 bridgehead atoms. The maximum absolute atomic E-state index is 12.4. The Labute approximate surface area is 154 Å². The Balaban J connectivity index is 1.72. The average Bonchev–Trinajstić information content (AvgIpc) is 3.08. The van der Waals surface area contributed by atoms with Crippen LogP contribution in [0.3, 0.4) is 0 Å². The van der Waals surface area contributed by atoms with Crippen molar-refractivity contribution in [3.05, 3.63) is 48.3 Å². The minimum atomic E-state index is -0.154. The highest BCUT2D eigenvalue weighted by Gasteiger charge is 2.13. The number of fused-ring (bicyclic) bond motifs is 1. The van der Waals surface area contributed by atoms with Crippen molar-refractivity contribution in [3.8, 4) is 11.1 Å². The molecule has 4 N–H and O–H groups in total. The summed E-state index contributed by atoms with van der Waals surface area (Å²) >= 11 is 0. The van der Waals surface area contributed by atoms with E-state index < -0.39 is 0 Å². The maximum Gasteiger partial charge on any atom is 0.287 e. The number of aromatic amines is 1. The Kier molecular flexibility index (Phi) is 5.56. The predicted octanol–water partition coefficient (Wildman–Crippen LogP) is 4.37. The van der Waals surface area contributed by atoms with Crippen molar-refractivity contribution in [3.63, 3.8) is 0 Å². The first kappa shape index (κ1) is 18.0. The largest absolute Gasteiger partial charge is 0.399 e. The summed E-state index contributed by atoms with van der Waals surface area (Å²) < 4.78 is 0. The number of aromatic nitrogens is 2. The van der Waals surface area contributed by atoms with Gasteiger partial charge in [-0.3, -0.25) is 4.79 Å². The van der Waals surface area contributed by atoms with E-state index in [0.29, 0.717) is 18.3 Å². The predicted molar refractivity (Wildman–Crippen MR) is 107 cm³/mol. The average molecular weight is 350 g/mol. The smallest absolute Gasteiger partial charge is 0.287 e. The van der Waals surface area contributed by atoms with Gasteiger partial charge in [0.25, 0.3) is 5.91 Å². The van der Waals surface area contributed by atoms with Crippen LogP contribution in [0.4, 0.5) is 5.69 Å². The maximum atomic E-state index is 12.4. The van der Waals surface area contributed by atoms with E-state index in [0.717, 1.165) is 34.3 Å². The van der Waals surface area contributed by atoms with Gasteiger partial charge in [-0.05, 0) is 47.7 Å². The highest BCUT2D eigenvalue weighted by Crippen LogP contribution is 2.24. The van der Waals surface area contributed by atoms with Gasteiger partial charge in [0.2, 0.25) is 0 Å². The van der Waals surface area contributed by atoms with E-state index in [1.807, 2.05) is 42.5 Å². The molecule has 1 atom stereocenters. The van der Waals surface area contributed by atoms with Crippen LogP contribution < -0.4 is 11.1 Å². The minimum Gasteiger partial charge on any atom is -0.399 e. The molecule has 0 aliphatic carbocycles. The van der Waals surface area contributed by atoms with E-state index in [4.69, 9.17) is 5.73 Å². The number of unbranched alkanes of at least 4 members (excludes halogenated alkanes) is 1. The zero-order valence-corrected chi connectivity index (χ0v) is 15.4. The van der Waals surface area contributed by atoms with Crippen molar-refractivity contribution in [2.75, 3.05) is 12.3 Å². The van der Waals surface area contributed by atoms with Gasteiger partial charge in [-0.25, -0.2) is 4.98 Å². The zero-order valence-electron chi connectivity index (χ0n) is 15.4. The summed E-state index contributed by atoms with van der Waals surface area (Å²) in [5.41, 5.74) is 10.3. The Morgan fingerprint density at radius 2 is 1.92 bits per heavy atom. The number of hydrogen-bond donors (Lipinski definition) is 3. The first-order chi connectivity index (χ1) is 12.6. The van der Waals surface area contributed by atoms with Gasteiger partial charge < -0.3 is 16.0 Å². The Morgan fingerprint density at radius 3 is 2.65 bits per heavy atom. The molecule has 0 radical (unpaired) electrons. The molecule has 2 aromatic carbocycles. The SMILES string of the molecule is CCCC[C@H](C)CNC(=O)c1nc2ccc(-c3ccc(N)cc3)cc2[nH]1. The Morgan fingerprint density at radius 1 is 1.19 bits per heavy atom. The monoisotopic (exact) mass is 350 g/mol. The molecule has 0 spiro atoms. The van der Waals surface area contributed by atoms with Crippen LogP contribution in [-0.4, -0.2) is 22.4 Å². The summed E-state index contributed by atoms with van der Waals surface area (Å²) in [5.74, 6) is 0.677. The summed E-state index contributed by atoms with van der Waals surface area (Å²) in [6.45, 7) is 5.01. The molecule has 5 heteroatoms. The van der Waals surface area contributed by atoms with Gasteiger partial charge in [-0.15, -0.1) is 0 Å². The fourth-order valence-electron chi connectivity index (χ4n) is 2.98. The number of carbonyl (C=O) groups is 1. The number of H-pyrrole nitrogens is 1. The van der Waals surface area contributed by atoms with E-state index in [9.17, 15) is 4.79 Å². The molecule has 3 aromatic rings. The van der Waals surface area contributed by atoms with Gasteiger partial charge in [0.05, 0.1) is 11.0 Å². The second kappa shape index (κ2) is 8.04. The van der Waals surface area contributed by atoms with Crippen molar-refractivity contribution in [1.82, 2.24) is 15.3 Å². The van der Waals surface area contributed by atoms with E-state index in [-0.39, 0.29) is 5.91 Å². The Hall–Kier alpha value is -2.82. The quantitative estimate of drug-likeness (QED) is 0.553. The molecule has 26 heavy (non-hydrogen) atoms.